The molecule has 0 unspecified atom stereocenters. The second-order valence-corrected chi connectivity index (χ2v) is 8.44. The van der Waals surface area contributed by atoms with Crippen LogP contribution < -0.4 is 9.46 Å². The zero-order chi connectivity index (χ0) is 22.4. The Labute approximate surface area is 181 Å². The Hall–Kier alpha value is -3.89. The largest absolute Gasteiger partial charge is 0.497 e. The van der Waals surface area contributed by atoms with Gasteiger partial charge < -0.3 is 4.74 Å². The van der Waals surface area contributed by atoms with E-state index in [1.165, 1.54) is 18.2 Å². The maximum absolute atomic E-state index is 12.7. The van der Waals surface area contributed by atoms with Crippen LogP contribution in [0.5, 0.6) is 5.75 Å². The number of hydrogen-bond donors (Lipinski definition) is 1. The minimum atomic E-state index is -4.01. The number of carbonyl (C=O) groups is 1. The second kappa shape index (κ2) is 9.28. The summed E-state index contributed by atoms with van der Waals surface area (Å²) in [5, 5.41) is 9.03. The van der Waals surface area contributed by atoms with Gasteiger partial charge in [0.25, 0.3) is 15.9 Å². The molecule has 0 radical (unpaired) electrons. The van der Waals surface area contributed by atoms with Crippen molar-refractivity contribution in [1.82, 2.24) is 4.72 Å². The molecule has 0 heterocycles. The lowest BCUT2D eigenvalue weighted by atomic mass is 9.96. The average molecular weight is 433 g/mol. The number of methoxy groups -OCH3 is 1. The van der Waals surface area contributed by atoms with Gasteiger partial charge in [-0.1, -0.05) is 42.0 Å². The summed E-state index contributed by atoms with van der Waals surface area (Å²) in [5.41, 5.74) is 3.24. The molecule has 0 atom stereocenters. The number of aryl methyl sites for hydroxylation is 1. The average Bonchev–Trinajstić information content (AvgIpc) is 2.77. The second-order valence-electron chi connectivity index (χ2n) is 6.76. The molecule has 0 aliphatic rings. The highest BCUT2D eigenvalue weighted by Crippen LogP contribution is 2.26. The standard InChI is InChI=1S/C24H20N2O4S/c1-17-3-13-22(14-4-17)31(28,29)26-24(27)15-23(19-7-5-18(16-25)6-8-19)20-9-11-21(30-2)12-10-20/h3-15H,1-2H3,(H,26,27)/b23-15+. The number of amides is 1. The third kappa shape index (κ3) is 5.38. The quantitative estimate of drug-likeness (QED) is 0.598. The number of nitriles is 1. The molecule has 0 fully saturated rings. The molecule has 1 N–H and O–H groups in total. The first-order valence-corrected chi connectivity index (χ1v) is 10.8. The molecule has 0 spiro atoms. The molecule has 7 heteroatoms. The Balaban J connectivity index is 1.97. The third-order valence-corrected chi connectivity index (χ3v) is 5.93. The fraction of sp³-hybridized carbons (Fsp3) is 0.0833. The van der Waals surface area contributed by atoms with Gasteiger partial charge in [0.1, 0.15) is 5.75 Å². The Bertz CT molecular complexity index is 1250. The van der Waals surface area contributed by atoms with Gasteiger partial charge in [-0.2, -0.15) is 5.26 Å². The Kier molecular flexibility index (Phi) is 6.53. The molecule has 6 nitrogen and oxygen atoms in total. The molecule has 0 aliphatic heterocycles. The molecule has 0 saturated carbocycles. The van der Waals surface area contributed by atoms with Gasteiger partial charge in [0, 0.05) is 6.08 Å². The lowest BCUT2D eigenvalue weighted by molar-refractivity contribution is -0.114. The topological polar surface area (TPSA) is 96.3 Å². The van der Waals surface area contributed by atoms with E-state index in [-0.39, 0.29) is 4.90 Å². The number of rotatable bonds is 6. The van der Waals surface area contributed by atoms with E-state index < -0.39 is 15.9 Å². The fourth-order valence-corrected chi connectivity index (χ4v) is 3.83. The molecule has 0 bridgehead atoms. The van der Waals surface area contributed by atoms with Gasteiger partial charge in [-0.15, -0.1) is 0 Å². The molecule has 156 valence electrons. The van der Waals surface area contributed by atoms with Crippen LogP contribution in [0.25, 0.3) is 5.57 Å². The molecule has 3 aromatic carbocycles. The first-order valence-electron chi connectivity index (χ1n) is 9.32. The zero-order valence-corrected chi connectivity index (χ0v) is 17.8. The summed E-state index contributed by atoms with van der Waals surface area (Å²) in [6.07, 6.45) is 1.23. The van der Waals surface area contributed by atoms with Gasteiger partial charge in [0.2, 0.25) is 0 Å². The van der Waals surface area contributed by atoms with E-state index in [1.54, 1.807) is 67.8 Å². The van der Waals surface area contributed by atoms with Gasteiger partial charge in [0.15, 0.2) is 0 Å². The molecule has 0 aliphatic carbocycles. The summed E-state index contributed by atoms with van der Waals surface area (Å²) in [6, 6.07) is 22.0. The van der Waals surface area contributed by atoms with E-state index in [4.69, 9.17) is 10.00 Å². The monoisotopic (exact) mass is 432 g/mol. The van der Waals surface area contributed by atoms with Crippen LogP contribution in [0, 0.1) is 18.3 Å². The van der Waals surface area contributed by atoms with Crippen molar-refractivity contribution >= 4 is 21.5 Å². The van der Waals surface area contributed by atoms with E-state index in [9.17, 15) is 13.2 Å². The Morgan fingerprint density at radius 3 is 2.00 bits per heavy atom. The number of ether oxygens (including phenoxy) is 1. The van der Waals surface area contributed by atoms with Crippen LogP contribution in [0.2, 0.25) is 0 Å². The highest BCUT2D eigenvalue weighted by Gasteiger charge is 2.17. The maximum atomic E-state index is 12.7. The van der Waals surface area contributed by atoms with Gasteiger partial charge in [-0.25, -0.2) is 13.1 Å². The maximum Gasteiger partial charge on any atom is 0.264 e. The zero-order valence-electron chi connectivity index (χ0n) is 17.0. The van der Waals surface area contributed by atoms with Crippen LogP contribution in [0.15, 0.2) is 83.8 Å². The van der Waals surface area contributed by atoms with Crippen molar-refractivity contribution in [2.75, 3.05) is 7.11 Å². The molecular weight excluding hydrogens is 412 g/mol. The summed E-state index contributed by atoms with van der Waals surface area (Å²) in [7, 11) is -2.46. The highest BCUT2D eigenvalue weighted by molar-refractivity contribution is 7.90. The van der Waals surface area contributed by atoms with Crippen molar-refractivity contribution in [3.05, 3.63) is 101 Å². The van der Waals surface area contributed by atoms with Crippen molar-refractivity contribution < 1.29 is 17.9 Å². The number of hydrogen-bond acceptors (Lipinski definition) is 5. The van der Waals surface area contributed by atoms with Gasteiger partial charge >= 0.3 is 0 Å². The predicted molar refractivity (Wildman–Crippen MR) is 118 cm³/mol. The summed E-state index contributed by atoms with van der Waals surface area (Å²) < 4.78 is 32.4. The molecule has 3 aromatic rings. The van der Waals surface area contributed by atoms with Crippen molar-refractivity contribution in [3.63, 3.8) is 0 Å². The summed E-state index contributed by atoms with van der Waals surface area (Å²) >= 11 is 0. The smallest absolute Gasteiger partial charge is 0.264 e. The highest BCUT2D eigenvalue weighted by atomic mass is 32.2. The number of carbonyl (C=O) groups excluding carboxylic acids is 1. The minimum Gasteiger partial charge on any atom is -0.497 e. The van der Waals surface area contributed by atoms with E-state index in [0.29, 0.717) is 28.0 Å². The summed E-state index contributed by atoms with van der Waals surface area (Å²) in [5.74, 6) is -0.134. The van der Waals surface area contributed by atoms with Crippen molar-refractivity contribution in [2.24, 2.45) is 0 Å². The third-order valence-electron chi connectivity index (χ3n) is 4.57. The number of sulfonamides is 1. The normalized spacial score (nSPS) is 11.5. The number of benzene rings is 3. The van der Waals surface area contributed by atoms with E-state index in [1.807, 2.05) is 13.0 Å². The van der Waals surface area contributed by atoms with E-state index >= 15 is 0 Å². The van der Waals surface area contributed by atoms with Crippen molar-refractivity contribution in [1.29, 1.82) is 5.26 Å². The molecule has 3 rings (SSSR count). The Morgan fingerprint density at radius 2 is 1.48 bits per heavy atom. The summed E-state index contributed by atoms with van der Waals surface area (Å²) in [6.45, 7) is 1.84. The number of nitrogens with one attached hydrogen (secondary N) is 1. The van der Waals surface area contributed by atoms with Crippen LogP contribution in [-0.4, -0.2) is 21.4 Å². The van der Waals surface area contributed by atoms with Crippen molar-refractivity contribution in [2.45, 2.75) is 11.8 Å². The first kappa shape index (κ1) is 21.8. The molecule has 31 heavy (non-hydrogen) atoms. The van der Waals surface area contributed by atoms with Crippen molar-refractivity contribution in [3.8, 4) is 11.8 Å². The van der Waals surface area contributed by atoms with Gasteiger partial charge in [-0.05, 0) is 60.0 Å². The molecule has 1 amide bonds. The molecule has 0 saturated heterocycles. The molecule has 0 aromatic heterocycles. The minimum absolute atomic E-state index is 0.00391. The SMILES string of the molecule is COc1ccc(/C(=C/C(=O)NS(=O)(=O)c2ccc(C)cc2)c2ccc(C#N)cc2)cc1. The van der Waals surface area contributed by atoms with Crippen LogP contribution in [-0.2, 0) is 14.8 Å². The van der Waals surface area contributed by atoms with Gasteiger partial charge in [0.05, 0.1) is 23.6 Å². The lowest BCUT2D eigenvalue weighted by Gasteiger charge is -2.11. The summed E-state index contributed by atoms with van der Waals surface area (Å²) in [4.78, 5) is 12.7. The van der Waals surface area contributed by atoms with Gasteiger partial charge in [-0.3, -0.25) is 4.79 Å². The van der Waals surface area contributed by atoms with Crippen LogP contribution in [0.4, 0.5) is 0 Å². The van der Waals surface area contributed by atoms with Crippen LogP contribution in [0.1, 0.15) is 22.3 Å². The van der Waals surface area contributed by atoms with E-state index in [0.717, 1.165) is 5.56 Å². The first-order chi connectivity index (χ1) is 14.8. The van der Waals surface area contributed by atoms with Crippen LogP contribution >= 0.6 is 0 Å². The molecular formula is C24H20N2O4S. The fourth-order valence-electron chi connectivity index (χ4n) is 2.90. The lowest BCUT2D eigenvalue weighted by Crippen LogP contribution is -2.29. The van der Waals surface area contributed by atoms with E-state index in [2.05, 4.69) is 4.72 Å². The number of nitrogens with zero attached hydrogens (tertiary/aromatic N) is 1. The van der Waals surface area contributed by atoms with Crippen LogP contribution in [0.3, 0.4) is 0 Å². The Morgan fingerprint density at radius 1 is 0.935 bits per heavy atom. The predicted octanol–water partition coefficient (Wildman–Crippen LogP) is 3.81.